The highest BCUT2D eigenvalue weighted by atomic mass is 16.2. The summed E-state index contributed by atoms with van der Waals surface area (Å²) in [5.74, 6) is -0.114. The number of nitrogens with zero attached hydrogens (tertiary/aromatic N) is 2. The van der Waals surface area contributed by atoms with E-state index in [2.05, 4.69) is 27.1 Å². The summed E-state index contributed by atoms with van der Waals surface area (Å²) < 4.78 is 1.90. The van der Waals surface area contributed by atoms with E-state index in [1.807, 2.05) is 29.9 Å². The van der Waals surface area contributed by atoms with Crippen LogP contribution in [0, 0.1) is 0 Å². The van der Waals surface area contributed by atoms with Crippen LogP contribution in [0.4, 0.5) is 5.69 Å². The lowest BCUT2D eigenvalue weighted by Crippen LogP contribution is -2.32. The topological polar surface area (TPSA) is 88.1 Å². The second kappa shape index (κ2) is 7.52. The van der Waals surface area contributed by atoms with Crippen molar-refractivity contribution >= 4 is 17.5 Å². The van der Waals surface area contributed by atoms with Crippen molar-refractivity contribution in [1.82, 2.24) is 20.4 Å². The van der Waals surface area contributed by atoms with Gasteiger partial charge in [-0.2, -0.15) is 5.10 Å². The van der Waals surface area contributed by atoms with Gasteiger partial charge in [0.05, 0.1) is 12.1 Å². The van der Waals surface area contributed by atoms with Crippen molar-refractivity contribution in [2.45, 2.75) is 44.7 Å². The van der Waals surface area contributed by atoms with Gasteiger partial charge in [0.1, 0.15) is 5.69 Å². The van der Waals surface area contributed by atoms with Crippen LogP contribution in [0.2, 0.25) is 0 Å². The quantitative estimate of drug-likeness (QED) is 0.773. The highest BCUT2D eigenvalue weighted by Gasteiger charge is 2.20. The summed E-state index contributed by atoms with van der Waals surface area (Å²) in [5, 5.41) is 13.8. The Morgan fingerprint density at radius 3 is 3.04 bits per heavy atom. The van der Waals surface area contributed by atoms with E-state index in [-0.39, 0.29) is 17.9 Å². The summed E-state index contributed by atoms with van der Waals surface area (Å²) in [4.78, 5) is 24.1. The fourth-order valence-corrected chi connectivity index (χ4v) is 3.75. The average Bonchev–Trinajstić information content (AvgIpc) is 3.18. The normalized spacial score (nSPS) is 20.5. The van der Waals surface area contributed by atoms with Crippen LogP contribution in [0.3, 0.4) is 0 Å². The Bertz CT molecular complexity index is 854. The molecule has 2 unspecified atom stereocenters. The summed E-state index contributed by atoms with van der Waals surface area (Å²) in [6.07, 6.45) is 5.33. The molecule has 0 bridgehead atoms. The van der Waals surface area contributed by atoms with Gasteiger partial charge in [-0.25, -0.2) is 0 Å². The van der Waals surface area contributed by atoms with Crippen LogP contribution < -0.4 is 16.0 Å². The number of amides is 2. The second-order valence-corrected chi connectivity index (χ2v) is 7.34. The van der Waals surface area contributed by atoms with Crippen LogP contribution in [0.25, 0.3) is 0 Å². The maximum Gasteiger partial charge on any atom is 0.272 e. The number of rotatable bonds is 4. The Kier molecular flexibility index (Phi) is 4.94. The fraction of sp³-hybridized carbons (Fsp3) is 0.450. The summed E-state index contributed by atoms with van der Waals surface area (Å²) >= 11 is 0. The summed E-state index contributed by atoms with van der Waals surface area (Å²) in [6.45, 7) is 3.90. The predicted octanol–water partition coefficient (Wildman–Crippen LogP) is 2.18. The molecular weight excluding hydrogens is 342 g/mol. The minimum absolute atomic E-state index is 0.0559. The zero-order chi connectivity index (χ0) is 18.8. The van der Waals surface area contributed by atoms with Gasteiger partial charge in [0.25, 0.3) is 5.91 Å². The Morgan fingerprint density at radius 2 is 2.22 bits per heavy atom. The van der Waals surface area contributed by atoms with E-state index >= 15 is 0 Å². The van der Waals surface area contributed by atoms with E-state index in [0.29, 0.717) is 18.2 Å². The van der Waals surface area contributed by atoms with Crippen molar-refractivity contribution in [3.05, 3.63) is 47.3 Å². The van der Waals surface area contributed by atoms with Gasteiger partial charge >= 0.3 is 0 Å². The van der Waals surface area contributed by atoms with E-state index in [9.17, 15) is 9.59 Å². The monoisotopic (exact) mass is 367 g/mol. The molecule has 0 saturated carbocycles. The highest BCUT2D eigenvalue weighted by molar-refractivity contribution is 5.94. The van der Waals surface area contributed by atoms with Crippen LogP contribution in [-0.4, -0.2) is 34.7 Å². The molecule has 142 valence electrons. The fourth-order valence-electron chi connectivity index (χ4n) is 3.75. The zero-order valence-electron chi connectivity index (χ0n) is 15.5. The standard InChI is InChI=1S/C20H25N5O2/c1-13(14-4-6-17-15(11-14)5-7-19(26)23-17)22-20(27)18-8-10-25(24-18)16-3-2-9-21-12-16/h4,6,8,10-11,13,16,21H,2-3,5,7,9,12H2,1H3,(H,22,27)(H,23,26). The van der Waals surface area contributed by atoms with Gasteiger partial charge < -0.3 is 16.0 Å². The lowest BCUT2D eigenvalue weighted by molar-refractivity contribution is -0.116. The van der Waals surface area contributed by atoms with Gasteiger partial charge in [-0.15, -0.1) is 0 Å². The summed E-state index contributed by atoms with van der Waals surface area (Å²) in [7, 11) is 0. The molecule has 7 nitrogen and oxygen atoms in total. The molecule has 0 radical (unpaired) electrons. The number of hydrogen-bond donors (Lipinski definition) is 3. The average molecular weight is 367 g/mol. The third-order valence-electron chi connectivity index (χ3n) is 5.36. The maximum atomic E-state index is 12.6. The number of fused-ring (bicyclic) bond motifs is 1. The van der Waals surface area contributed by atoms with Crippen LogP contribution >= 0.6 is 0 Å². The molecule has 3 N–H and O–H groups in total. The molecule has 2 aliphatic rings. The van der Waals surface area contributed by atoms with E-state index in [0.717, 1.165) is 49.2 Å². The first-order valence-electron chi connectivity index (χ1n) is 9.59. The van der Waals surface area contributed by atoms with Gasteiger partial charge in [-0.05, 0) is 56.0 Å². The van der Waals surface area contributed by atoms with Crippen molar-refractivity contribution in [1.29, 1.82) is 0 Å². The number of anilines is 1. The molecule has 0 aliphatic carbocycles. The number of benzene rings is 1. The smallest absolute Gasteiger partial charge is 0.272 e. The van der Waals surface area contributed by atoms with Gasteiger partial charge in [0, 0.05) is 24.8 Å². The van der Waals surface area contributed by atoms with E-state index in [1.165, 1.54) is 0 Å². The third-order valence-corrected chi connectivity index (χ3v) is 5.36. The molecule has 4 rings (SSSR count). The summed E-state index contributed by atoms with van der Waals surface area (Å²) in [6, 6.07) is 7.87. The molecule has 1 aromatic heterocycles. The van der Waals surface area contributed by atoms with E-state index in [4.69, 9.17) is 0 Å². The number of piperidine rings is 1. The van der Waals surface area contributed by atoms with Crippen LogP contribution in [0.5, 0.6) is 0 Å². The SMILES string of the molecule is CC(NC(=O)c1ccn(C2CCCNC2)n1)c1ccc2c(c1)CCC(=O)N2. The van der Waals surface area contributed by atoms with Crippen LogP contribution in [-0.2, 0) is 11.2 Å². The molecule has 2 amide bonds. The number of carbonyl (C=O) groups excluding carboxylic acids is 2. The largest absolute Gasteiger partial charge is 0.344 e. The summed E-state index contributed by atoms with van der Waals surface area (Å²) in [5.41, 5.74) is 3.45. The van der Waals surface area contributed by atoms with Crippen molar-refractivity contribution < 1.29 is 9.59 Å². The highest BCUT2D eigenvalue weighted by Crippen LogP contribution is 2.26. The first-order valence-corrected chi connectivity index (χ1v) is 9.59. The third kappa shape index (κ3) is 3.88. The lowest BCUT2D eigenvalue weighted by atomic mass is 9.98. The molecule has 1 aromatic carbocycles. The molecular formula is C20H25N5O2. The second-order valence-electron chi connectivity index (χ2n) is 7.34. The zero-order valence-corrected chi connectivity index (χ0v) is 15.5. The van der Waals surface area contributed by atoms with Crippen molar-refractivity contribution in [3.8, 4) is 0 Å². The number of hydrogen-bond acceptors (Lipinski definition) is 4. The Hall–Kier alpha value is -2.67. The van der Waals surface area contributed by atoms with Crippen molar-refractivity contribution in [2.24, 2.45) is 0 Å². The Balaban J connectivity index is 1.42. The van der Waals surface area contributed by atoms with Gasteiger partial charge in [0.2, 0.25) is 5.91 Å². The molecule has 1 fully saturated rings. The lowest BCUT2D eigenvalue weighted by Gasteiger charge is -2.23. The molecule has 1 saturated heterocycles. The first-order chi connectivity index (χ1) is 13.1. The van der Waals surface area contributed by atoms with Crippen molar-refractivity contribution in [2.75, 3.05) is 18.4 Å². The number of nitrogens with one attached hydrogen (secondary N) is 3. The number of aromatic nitrogens is 2. The van der Waals surface area contributed by atoms with Crippen LogP contribution in [0.1, 0.15) is 59.9 Å². The predicted molar refractivity (Wildman–Crippen MR) is 103 cm³/mol. The maximum absolute atomic E-state index is 12.6. The molecule has 2 aromatic rings. The molecule has 27 heavy (non-hydrogen) atoms. The van der Waals surface area contributed by atoms with Crippen LogP contribution in [0.15, 0.2) is 30.5 Å². The van der Waals surface area contributed by atoms with Gasteiger partial charge in [-0.3, -0.25) is 14.3 Å². The minimum atomic E-state index is -0.170. The first kappa shape index (κ1) is 17.7. The molecule has 2 aliphatic heterocycles. The van der Waals surface area contributed by atoms with Gasteiger partial charge in [-0.1, -0.05) is 12.1 Å². The molecule has 2 atom stereocenters. The molecule has 7 heteroatoms. The number of aryl methyl sites for hydroxylation is 1. The van der Waals surface area contributed by atoms with Gasteiger partial charge in [0.15, 0.2) is 0 Å². The minimum Gasteiger partial charge on any atom is -0.344 e. The molecule has 0 spiro atoms. The molecule has 3 heterocycles. The number of carbonyl (C=O) groups is 2. The van der Waals surface area contributed by atoms with Crippen molar-refractivity contribution in [3.63, 3.8) is 0 Å². The Morgan fingerprint density at radius 1 is 1.33 bits per heavy atom. The Labute approximate surface area is 158 Å². The van der Waals surface area contributed by atoms with E-state index < -0.39 is 0 Å². The van der Waals surface area contributed by atoms with E-state index in [1.54, 1.807) is 6.07 Å².